The van der Waals surface area contributed by atoms with Crippen LogP contribution in [0.25, 0.3) is 0 Å². The van der Waals surface area contributed by atoms with Crippen LogP contribution >= 0.6 is 11.8 Å². The van der Waals surface area contributed by atoms with Gasteiger partial charge in [0.1, 0.15) is 5.82 Å². The highest BCUT2D eigenvalue weighted by molar-refractivity contribution is 7.99. The quantitative estimate of drug-likeness (QED) is 0.227. The number of rotatable bonds is 5. The molecule has 176 valence electrons. The molecular weight excluding hydrogens is 471 g/mol. The second kappa shape index (κ2) is 9.42. The molecule has 1 aliphatic rings. The Kier molecular flexibility index (Phi) is 7.23. The molecule has 0 atom stereocenters. The van der Waals surface area contributed by atoms with E-state index in [-0.39, 0.29) is 36.8 Å². The summed E-state index contributed by atoms with van der Waals surface area (Å²) in [5.41, 5.74) is -0.524. The minimum atomic E-state index is -4.39. The van der Waals surface area contributed by atoms with Gasteiger partial charge in [-0.05, 0) is 24.6 Å². The summed E-state index contributed by atoms with van der Waals surface area (Å²) < 4.78 is 120. The molecule has 0 spiro atoms. The molecule has 0 aliphatic carbocycles. The van der Waals surface area contributed by atoms with Gasteiger partial charge in [0.2, 0.25) is 5.82 Å². The first-order chi connectivity index (χ1) is 14.9. The third-order valence-corrected chi connectivity index (χ3v) is 6.25. The summed E-state index contributed by atoms with van der Waals surface area (Å²) in [6.45, 7) is 1.45. The normalized spacial score (nSPS) is 15.5. The smallest absolute Gasteiger partial charge is 0.367 e. The van der Waals surface area contributed by atoms with Crippen molar-refractivity contribution in [3.8, 4) is 0 Å². The number of hydrogen-bond acceptors (Lipinski definition) is 3. The van der Waals surface area contributed by atoms with E-state index >= 15 is 0 Å². The second-order valence-electron chi connectivity index (χ2n) is 7.28. The van der Waals surface area contributed by atoms with Crippen molar-refractivity contribution in [1.82, 2.24) is 4.90 Å². The molecule has 0 radical (unpaired) electrons. The van der Waals surface area contributed by atoms with Gasteiger partial charge in [-0.15, -0.1) is 11.8 Å². The highest BCUT2D eigenvalue weighted by Gasteiger charge is 2.30. The Morgan fingerprint density at radius 3 is 1.88 bits per heavy atom. The van der Waals surface area contributed by atoms with E-state index in [1.807, 2.05) is 0 Å². The van der Waals surface area contributed by atoms with E-state index in [1.54, 1.807) is 4.90 Å². The first kappa shape index (κ1) is 24.6. The van der Waals surface area contributed by atoms with Crippen molar-refractivity contribution >= 4 is 17.4 Å². The van der Waals surface area contributed by atoms with E-state index in [0.717, 1.165) is 6.07 Å². The van der Waals surface area contributed by atoms with Gasteiger partial charge in [-0.3, -0.25) is 4.90 Å². The fourth-order valence-corrected chi connectivity index (χ4v) is 4.16. The Morgan fingerprint density at radius 1 is 0.812 bits per heavy atom. The van der Waals surface area contributed by atoms with Crippen molar-refractivity contribution in [2.75, 3.05) is 36.8 Å². The molecule has 12 heteroatoms. The van der Waals surface area contributed by atoms with Crippen LogP contribution in [-0.4, -0.2) is 43.0 Å². The van der Waals surface area contributed by atoms with Gasteiger partial charge in [0, 0.05) is 43.2 Å². The first-order valence-electron chi connectivity index (χ1n) is 9.36. The third-order valence-electron chi connectivity index (χ3n) is 5.03. The summed E-state index contributed by atoms with van der Waals surface area (Å²) in [6, 6.07) is 2.45. The lowest BCUT2D eigenvalue weighted by Gasteiger charge is -2.36. The number of aryl methyl sites for hydroxylation is 1. The highest BCUT2D eigenvalue weighted by atomic mass is 32.2. The van der Waals surface area contributed by atoms with Crippen molar-refractivity contribution in [2.24, 2.45) is 0 Å². The summed E-state index contributed by atoms with van der Waals surface area (Å²) in [5.74, 6) is -11.9. The second-order valence-corrected chi connectivity index (χ2v) is 8.30. The number of benzene rings is 2. The summed E-state index contributed by atoms with van der Waals surface area (Å²) in [5, 5.41) is 0. The molecule has 32 heavy (non-hydrogen) atoms. The van der Waals surface area contributed by atoms with Gasteiger partial charge < -0.3 is 4.90 Å². The highest BCUT2D eigenvalue weighted by Crippen LogP contribution is 2.34. The molecule has 2 aromatic carbocycles. The Morgan fingerprint density at radius 2 is 1.34 bits per heavy atom. The van der Waals surface area contributed by atoms with Crippen molar-refractivity contribution in [2.45, 2.75) is 24.5 Å². The van der Waals surface area contributed by atoms with Gasteiger partial charge in [0.05, 0.1) is 11.4 Å². The predicted molar refractivity (Wildman–Crippen MR) is 102 cm³/mol. The molecule has 1 saturated heterocycles. The van der Waals surface area contributed by atoms with E-state index in [9.17, 15) is 39.5 Å². The largest absolute Gasteiger partial charge is 0.398 e. The third kappa shape index (κ3) is 5.28. The number of halogens is 9. The number of hydrogen-bond donors (Lipinski definition) is 0. The van der Waals surface area contributed by atoms with Crippen LogP contribution in [0.15, 0.2) is 17.0 Å². The number of piperazine rings is 1. The van der Waals surface area contributed by atoms with Crippen LogP contribution in [-0.2, 0) is 6.54 Å². The summed E-state index contributed by atoms with van der Waals surface area (Å²) in [6.07, 6.45) is -4.39. The molecule has 0 amide bonds. The summed E-state index contributed by atoms with van der Waals surface area (Å²) >= 11 is 0.536. The van der Waals surface area contributed by atoms with E-state index in [1.165, 1.54) is 17.9 Å². The minimum absolute atomic E-state index is 0.0798. The molecule has 2 nitrogen and oxygen atoms in total. The Hall–Kier alpha value is -2.08. The number of thioether (sulfide) groups is 1. The average Bonchev–Trinajstić information content (AvgIpc) is 2.73. The van der Waals surface area contributed by atoms with Crippen LogP contribution in [0.2, 0.25) is 0 Å². The van der Waals surface area contributed by atoms with Crippen molar-refractivity contribution in [3.63, 3.8) is 0 Å². The summed E-state index contributed by atoms with van der Waals surface area (Å²) in [4.78, 5) is 3.27. The Labute approximate surface area is 182 Å². The molecule has 0 bridgehead atoms. The van der Waals surface area contributed by atoms with Gasteiger partial charge in [-0.2, -0.15) is 13.2 Å². The van der Waals surface area contributed by atoms with Crippen LogP contribution < -0.4 is 4.90 Å². The topological polar surface area (TPSA) is 6.48 Å². The lowest BCUT2D eigenvalue weighted by molar-refractivity contribution is -0.105. The Balaban J connectivity index is 1.72. The van der Waals surface area contributed by atoms with Crippen LogP contribution in [0.3, 0.4) is 0 Å². The molecule has 0 N–H and O–H groups in total. The molecular formula is C20H17F9N2S. The van der Waals surface area contributed by atoms with Crippen LogP contribution in [0.1, 0.15) is 11.1 Å². The molecule has 1 fully saturated rings. The lowest BCUT2D eigenvalue weighted by atomic mass is 10.1. The molecule has 1 heterocycles. The van der Waals surface area contributed by atoms with E-state index in [2.05, 4.69) is 0 Å². The SMILES string of the molecule is Cc1cc(F)c(N2CCN(Cc3c(F)c(F)c(F)c(F)c3F)CC2)cc1SCC(F)(F)F. The van der Waals surface area contributed by atoms with E-state index < -0.39 is 58.9 Å². The number of nitrogens with zero attached hydrogens (tertiary/aromatic N) is 2. The van der Waals surface area contributed by atoms with Crippen molar-refractivity contribution in [3.05, 3.63) is 58.2 Å². The lowest BCUT2D eigenvalue weighted by Crippen LogP contribution is -2.46. The zero-order valence-corrected chi connectivity index (χ0v) is 17.4. The van der Waals surface area contributed by atoms with Gasteiger partial charge in [-0.25, -0.2) is 26.3 Å². The number of alkyl halides is 3. The van der Waals surface area contributed by atoms with Crippen LogP contribution in [0.5, 0.6) is 0 Å². The maximum Gasteiger partial charge on any atom is 0.398 e. The van der Waals surface area contributed by atoms with E-state index in [4.69, 9.17) is 0 Å². The monoisotopic (exact) mass is 488 g/mol. The molecule has 0 unspecified atom stereocenters. The molecule has 3 rings (SSSR count). The van der Waals surface area contributed by atoms with E-state index in [0.29, 0.717) is 17.3 Å². The number of anilines is 1. The van der Waals surface area contributed by atoms with Crippen LogP contribution in [0, 0.1) is 41.8 Å². The zero-order valence-electron chi connectivity index (χ0n) is 16.6. The fourth-order valence-electron chi connectivity index (χ4n) is 3.36. The molecule has 0 saturated carbocycles. The van der Waals surface area contributed by atoms with Gasteiger partial charge in [0.25, 0.3) is 0 Å². The van der Waals surface area contributed by atoms with Crippen molar-refractivity contribution in [1.29, 1.82) is 0 Å². The van der Waals surface area contributed by atoms with Gasteiger partial charge >= 0.3 is 6.18 Å². The maximum atomic E-state index is 14.5. The maximum absolute atomic E-state index is 14.5. The fraction of sp³-hybridized carbons (Fsp3) is 0.400. The van der Waals surface area contributed by atoms with Crippen molar-refractivity contribution < 1.29 is 39.5 Å². The van der Waals surface area contributed by atoms with Gasteiger partial charge in [-0.1, -0.05) is 0 Å². The minimum Gasteiger partial charge on any atom is -0.367 e. The standard InChI is InChI=1S/C20H17F9N2S/c1-10-6-12(21)13(7-14(10)32-9-20(27,28)29)31-4-2-30(3-5-31)8-11-15(22)17(24)19(26)18(25)16(11)23/h6-7H,2-5,8-9H2,1H3. The average molecular weight is 488 g/mol. The first-order valence-corrected chi connectivity index (χ1v) is 10.3. The zero-order chi connectivity index (χ0) is 23.8. The predicted octanol–water partition coefficient (Wildman–Crippen LogP) is 5.81. The molecule has 0 aromatic heterocycles. The van der Waals surface area contributed by atoms with Crippen LogP contribution in [0.4, 0.5) is 45.2 Å². The molecule has 2 aromatic rings. The summed E-state index contributed by atoms with van der Waals surface area (Å²) in [7, 11) is 0. The van der Waals surface area contributed by atoms with Gasteiger partial charge in [0.15, 0.2) is 23.3 Å². The Bertz CT molecular complexity index is 973. The molecule has 1 aliphatic heterocycles.